The minimum atomic E-state index is -0.0963. The number of hydrogen-bond acceptors (Lipinski definition) is 3. The van der Waals surface area contributed by atoms with Crippen LogP contribution in [-0.4, -0.2) is 10.9 Å². The van der Waals surface area contributed by atoms with E-state index >= 15 is 0 Å². The number of fused-ring (bicyclic) bond motifs is 1. The molecule has 4 heteroatoms. The zero-order valence-electron chi connectivity index (χ0n) is 12.7. The molecule has 3 rings (SSSR count). The van der Waals surface area contributed by atoms with Gasteiger partial charge in [0.15, 0.2) is 0 Å². The molecule has 0 unspecified atom stereocenters. The molecular formula is C18H18N2O2. The van der Waals surface area contributed by atoms with Gasteiger partial charge in [-0.2, -0.15) is 0 Å². The van der Waals surface area contributed by atoms with Gasteiger partial charge in [0.25, 0.3) is 0 Å². The second-order valence-electron chi connectivity index (χ2n) is 5.39. The van der Waals surface area contributed by atoms with Crippen molar-refractivity contribution in [2.75, 3.05) is 5.32 Å². The van der Waals surface area contributed by atoms with Gasteiger partial charge < -0.3 is 9.73 Å². The summed E-state index contributed by atoms with van der Waals surface area (Å²) in [7, 11) is 0. The Morgan fingerprint density at radius 3 is 2.86 bits per heavy atom. The number of pyridine rings is 1. The number of hydrogen-bond donors (Lipinski definition) is 1. The Kier molecular flexibility index (Phi) is 3.92. The Morgan fingerprint density at radius 2 is 2.14 bits per heavy atom. The number of benzene rings is 1. The van der Waals surface area contributed by atoms with E-state index in [1.807, 2.05) is 25.1 Å². The maximum absolute atomic E-state index is 12.2. The first kappa shape index (κ1) is 14.3. The van der Waals surface area contributed by atoms with Crippen molar-refractivity contribution >= 4 is 22.7 Å². The van der Waals surface area contributed by atoms with E-state index in [4.69, 9.17) is 4.42 Å². The van der Waals surface area contributed by atoms with E-state index in [1.165, 1.54) is 5.56 Å². The molecule has 1 N–H and O–H groups in total. The molecule has 22 heavy (non-hydrogen) atoms. The van der Waals surface area contributed by atoms with Crippen LogP contribution in [0.25, 0.3) is 11.0 Å². The summed E-state index contributed by atoms with van der Waals surface area (Å²) in [5.41, 5.74) is 4.00. The van der Waals surface area contributed by atoms with Crippen molar-refractivity contribution in [2.45, 2.75) is 26.7 Å². The molecule has 112 valence electrons. The van der Waals surface area contributed by atoms with Gasteiger partial charge >= 0.3 is 0 Å². The second kappa shape index (κ2) is 6.02. The van der Waals surface area contributed by atoms with Crippen LogP contribution in [-0.2, 0) is 17.6 Å². The summed E-state index contributed by atoms with van der Waals surface area (Å²) in [5.74, 6) is 0.471. The minimum absolute atomic E-state index is 0.0963. The summed E-state index contributed by atoms with van der Waals surface area (Å²) in [6.45, 7) is 4.07. The van der Waals surface area contributed by atoms with Gasteiger partial charge in [-0.25, -0.2) is 4.98 Å². The van der Waals surface area contributed by atoms with Gasteiger partial charge in [-0.15, -0.1) is 0 Å². The van der Waals surface area contributed by atoms with Gasteiger partial charge in [0.05, 0.1) is 12.7 Å². The highest BCUT2D eigenvalue weighted by atomic mass is 16.3. The third kappa shape index (κ3) is 3.01. The Hall–Kier alpha value is -2.62. The van der Waals surface area contributed by atoms with Crippen LogP contribution in [0.2, 0.25) is 0 Å². The molecule has 0 spiro atoms. The van der Waals surface area contributed by atoms with Gasteiger partial charge in [-0.3, -0.25) is 4.79 Å². The lowest BCUT2D eigenvalue weighted by molar-refractivity contribution is -0.115. The summed E-state index contributed by atoms with van der Waals surface area (Å²) >= 11 is 0. The van der Waals surface area contributed by atoms with Crippen molar-refractivity contribution in [3.63, 3.8) is 0 Å². The predicted molar refractivity (Wildman–Crippen MR) is 86.9 cm³/mol. The SMILES string of the molecule is CCc1ccc2occ(CC(=O)Nc3ccc(C)cn3)c2c1. The predicted octanol–water partition coefficient (Wildman–Crippen LogP) is 3.88. The normalized spacial score (nSPS) is 10.8. The standard InChI is InChI=1S/C18H18N2O2/c1-3-13-5-6-16-15(8-13)14(11-22-16)9-18(21)20-17-7-4-12(2)10-19-17/h4-8,10-11H,3,9H2,1-2H3,(H,19,20,21). The van der Waals surface area contributed by atoms with Gasteiger partial charge in [0, 0.05) is 17.1 Å². The molecule has 2 heterocycles. The molecule has 2 aromatic heterocycles. The van der Waals surface area contributed by atoms with E-state index in [0.717, 1.165) is 28.5 Å². The zero-order valence-corrected chi connectivity index (χ0v) is 12.7. The molecule has 0 fully saturated rings. The third-order valence-corrected chi connectivity index (χ3v) is 3.66. The van der Waals surface area contributed by atoms with Crippen LogP contribution in [0.4, 0.5) is 5.82 Å². The molecule has 0 radical (unpaired) electrons. The molecule has 1 aromatic carbocycles. The number of aromatic nitrogens is 1. The van der Waals surface area contributed by atoms with Gasteiger partial charge in [0.1, 0.15) is 11.4 Å². The third-order valence-electron chi connectivity index (χ3n) is 3.66. The highest BCUT2D eigenvalue weighted by Crippen LogP contribution is 2.23. The van der Waals surface area contributed by atoms with E-state index in [-0.39, 0.29) is 12.3 Å². The number of rotatable bonds is 4. The first-order chi connectivity index (χ1) is 10.7. The Bertz CT molecular complexity index is 804. The average Bonchev–Trinajstić information content (AvgIpc) is 2.91. The number of nitrogens with one attached hydrogen (secondary N) is 1. The van der Waals surface area contributed by atoms with Crippen molar-refractivity contribution < 1.29 is 9.21 Å². The Morgan fingerprint density at radius 1 is 1.27 bits per heavy atom. The van der Waals surface area contributed by atoms with Crippen molar-refractivity contribution in [1.82, 2.24) is 4.98 Å². The number of carbonyl (C=O) groups is 1. The van der Waals surface area contributed by atoms with E-state index < -0.39 is 0 Å². The maximum atomic E-state index is 12.2. The smallest absolute Gasteiger partial charge is 0.230 e. The first-order valence-corrected chi connectivity index (χ1v) is 7.37. The summed E-state index contributed by atoms with van der Waals surface area (Å²) < 4.78 is 5.52. The summed E-state index contributed by atoms with van der Waals surface area (Å²) in [4.78, 5) is 16.4. The second-order valence-corrected chi connectivity index (χ2v) is 5.39. The van der Waals surface area contributed by atoms with Crippen LogP contribution in [0.1, 0.15) is 23.6 Å². The summed E-state index contributed by atoms with van der Waals surface area (Å²) in [6.07, 6.45) is 4.62. The lowest BCUT2D eigenvalue weighted by Gasteiger charge is -2.04. The fourth-order valence-electron chi connectivity index (χ4n) is 2.39. The molecule has 1 amide bonds. The lowest BCUT2D eigenvalue weighted by Crippen LogP contribution is -2.15. The monoisotopic (exact) mass is 294 g/mol. The molecule has 0 aliphatic carbocycles. The number of furan rings is 1. The molecule has 0 saturated carbocycles. The van der Waals surface area contributed by atoms with Crippen molar-refractivity contribution in [3.05, 3.63) is 59.5 Å². The lowest BCUT2D eigenvalue weighted by atomic mass is 10.1. The largest absolute Gasteiger partial charge is 0.464 e. The zero-order chi connectivity index (χ0) is 15.5. The van der Waals surface area contributed by atoms with Crippen molar-refractivity contribution in [2.24, 2.45) is 0 Å². The summed E-state index contributed by atoms with van der Waals surface area (Å²) in [6, 6.07) is 9.81. The molecular weight excluding hydrogens is 276 g/mol. The molecule has 0 aliphatic rings. The van der Waals surface area contributed by atoms with E-state index in [2.05, 4.69) is 23.3 Å². The maximum Gasteiger partial charge on any atom is 0.230 e. The molecule has 0 atom stereocenters. The van der Waals surface area contributed by atoms with E-state index in [9.17, 15) is 4.79 Å². The highest BCUT2D eigenvalue weighted by molar-refractivity contribution is 5.94. The van der Waals surface area contributed by atoms with Crippen molar-refractivity contribution in [1.29, 1.82) is 0 Å². The topological polar surface area (TPSA) is 55.1 Å². The van der Waals surface area contributed by atoms with Gasteiger partial charge in [0.2, 0.25) is 5.91 Å². The number of nitrogens with zero attached hydrogens (tertiary/aromatic N) is 1. The summed E-state index contributed by atoms with van der Waals surface area (Å²) in [5, 5.41) is 3.81. The van der Waals surface area contributed by atoms with Gasteiger partial charge in [-0.1, -0.05) is 19.1 Å². The molecule has 0 aliphatic heterocycles. The van der Waals surface area contributed by atoms with Crippen molar-refractivity contribution in [3.8, 4) is 0 Å². The van der Waals surface area contributed by atoms with Crippen LogP contribution in [0.15, 0.2) is 47.2 Å². The van der Waals surface area contributed by atoms with E-state index in [0.29, 0.717) is 5.82 Å². The van der Waals surface area contributed by atoms with Crippen LogP contribution in [0, 0.1) is 6.92 Å². The van der Waals surface area contributed by atoms with E-state index in [1.54, 1.807) is 18.5 Å². The highest BCUT2D eigenvalue weighted by Gasteiger charge is 2.11. The minimum Gasteiger partial charge on any atom is -0.464 e. The van der Waals surface area contributed by atoms with Crippen LogP contribution in [0.3, 0.4) is 0 Å². The molecule has 3 aromatic rings. The fraction of sp³-hybridized carbons (Fsp3) is 0.222. The molecule has 4 nitrogen and oxygen atoms in total. The average molecular weight is 294 g/mol. The molecule has 0 bridgehead atoms. The molecule has 0 saturated heterocycles. The number of anilines is 1. The quantitative estimate of drug-likeness (QED) is 0.794. The van der Waals surface area contributed by atoms with Crippen LogP contribution in [0.5, 0.6) is 0 Å². The van der Waals surface area contributed by atoms with Gasteiger partial charge in [-0.05, 0) is 42.7 Å². The Labute approximate surface area is 129 Å². The van der Waals surface area contributed by atoms with Crippen LogP contribution < -0.4 is 5.32 Å². The number of amides is 1. The van der Waals surface area contributed by atoms with Crippen LogP contribution >= 0.6 is 0 Å². The fourth-order valence-corrected chi connectivity index (χ4v) is 2.39. The first-order valence-electron chi connectivity index (χ1n) is 7.37. The number of aryl methyl sites for hydroxylation is 2. The Balaban J connectivity index is 1.77. The number of carbonyl (C=O) groups excluding carboxylic acids is 1.